The third-order valence-corrected chi connectivity index (χ3v) is 7.04. The van der Waals surface area contributed by atoms with Crippen molar-refractivity contribution in [1.29, 1.82) is 0 Å². The number of hydrogen-bond donors (Lipinski definition) is 0. The number of likely N-dealkylation sites (tertiary alicyclic amines) is 1. The maximum Gasteiger partial charge on any atom is 0.416 e. The van der Waals surface area contributed by atoms with Crippen LogP contribution >= 0.6 is 0 Å². The molecule has 200 valence electrons. The van der Waals surface area contributed by atoms with Crippen molar-refractivity contribution in [3.63, 3.8) is 0 Å². The lowest BCUT2D eigenvalue weighted by Crippen LogP contribution is -2.55. The van der Waals surface area contributed by atoms with E-state index in [1.807, 2.05) is 0 Å². The predicted molar refractivity (Wildman–Crippen MR) is 132 cm³/mol. The van der Waals surface area contributed by atoms with Gasteiger partial charge in [-0.25, -0.2) is 29.1 Å². The number of amidine groups is 1. The molecule has 3 atom stereocenters. The second-order valence-corrected chi connectivity index (χ2v) is 8.73. The Balaban J connectivity index is 2.06. The SMILES string of the molecule is C#CCCOC(=O)N1C2=NC(C(=O)OC)=C(C(=O)OC)C3N(C)c4ccc(OC)cc4[C@]23CC1C(=O)OC. The molecule has 1 fully saturated rings. The van der Waals surface area contributed by atoms with Crippen molar-refractivity contribution in [2.75, 3.05) is 47.0 Å². The van der Waals surface area contributed by atoms with Crippen molar-refractivity contribution < 1.29 is 42.9 Å². The lowest BCUT2D eigenvalue weighted by molar-refractivity contribution is -0.144. The zero-order chi connectivity index (χ0) is 27.8. The number of terminal acetylenes is 1. The zero-order valence-electron chi connectivity index (χ0n) is 21.6. The highest BCUT2D eigenvalue weighted by molar-refractivity contribution is 6.16. The average molecular weight is 526 g/mol. The van der Waals surface area contributed by atoms with Crippen LogP contribution in [0.1, 0.15) is 18.4 Å². The molecule has 4 rings (SSSR count). The Bertz CT molecular complexity index is 1310. The van der Waals surface area contributed by atoms with Crippen molar-refractivity contribution >= 4 is 35.5 Å². The fourth-order valence-electron chi connectivity index (χ4n) is 5.50. The van der Waals surface area contributed by atoms with Crippen molar-refractivity contribution in [2.24, 2.45) is 4.99 Å². The first-order valence-corrected chi connectivity index (χ1v) is 11.6. The van der Waals surface area contributed by atoms with Crippen LogP contribution in [0.2, 0.25) is 0 Å². The fourth-order valence-corrected chi connectivity index (χ4v) is 5.50. The summed E-state index contributed by atoms with van der Waals surface area (Å²) in [5.74, 6) is 0.435. The van der Waals surface area contributed by atoms with E-state index in [0.717, 1.165) is 12.0 Å². The van der Waals surface area contributed by atoms with E-state index in [4.69, 9.17) is 30.1 Å². The molecule has 1 aromatic carbocycles. The van der Waals surface area contributed by atoms with Crippen LogP contribution < -0.4 is 9.64 Å². The van der Waals surface area contributed by atoms with E-state index >= 15 is 0 Å². The first kappa shape index (κ1) is 26.5. The van der Waals surface area contributed by atoms with Crippen LogP contribution in [0.4, 0.5) is 10.5 Å². The number of carbonyl (C=O) groups is 4. The van der Waals surface area contributed by atoms with Gasteiger partial charge in [0.05, 0.1) is 45.5 Å². The number of esters is 3. The number of fused-ring (bicyclic) bond motifs is 1. The van der Waals surface area contributed by atoms with Gasteiger partial charge in [0, 0.05) is 19.2 Å². The van der Waals surface area contributed by atoms with Crippen LogP contribution in [0.3, 0.4) is 0 Å². The van der Waals surface area contributed by atoms with Gasteiger partial charge in [0.25, 0.3) is 0 Å². The van der Waals surface area contributed by atoms with Gasteiger partial charge in [-0.2, -0.15) is 0 Å². The summed E-state index contributed by atoms with van der Waals surface area (Å²) in [7, 11) is 6.75. The summed E-state index contributed by atoms with van der Waals surface area (Å²) in [5, 5.41) is 0. The summed E-state index contributed by atoms with van der Waals surface area (Å²) >= 11 is 0. The Morgan fingerprint density at radius 1 is 1.11 bits per heavy atom. The third kappa shape index (κ3) is 3.73. The number of amides is 1. The number of ether oxygens (including phenoxy) is 5. The van der Waals surface area contributed by atoms with Gasteiger partial charge in [-0.3, -0.25) is 0 Å². The second-order valence-electron chi connectivity index (χ2n) is 8.73. The third-order valence-electron chi connectivity index (χ3n) is 7.04. The minimum atomic E-state index is -1.27. The van der Waals surface area contributed by atoms with Crippen LogP contribution in [0.15, 0.2) is 34.5 Å². The van der Waals surface area contributed by atoms with Crippen molar-refractivity contribution in [1.82, 2.24) is 4.90 Å². The van der Waals surface area contributed by atoms with E-state index in [2.05, 4.69) is 10.9 Å². The maximum atomic E-state index is 13.4. The molecular formula is C26H27N3O9. The molecule has 3 aliphatic rings. The molecule has 1 spiro atoms. The van der Waals surface area contributed by atoms with Gasteiger partial charge in [-0.05, 0) is 30.2 Å². The summed E-state index contributed by atoms with van der Waals surface area (Å²) in [6.45, 7) is -0.110. The normalized spacial score (nSPS) is 22.9. The molecule has 0 N–H and O–H groups in total. The Kier molecular flexibility index (Phi) is 7.04. The fraction of sp³-hybridized carbons (Fsp3) is 0.423. The van der Waals surface area contributed by atoms with Crippen LogP contribution in [-0.2, 0) is 38.7 Å². The number of aliphatic imine (C=N–C) groups is 1. The highest BCUT2D eigenvalue weighted by Gasteiger charge is 2.67. The standard InChI is InChI=1S/C26H27N3O9/c1-7-8-11-38-25(33)29-17(21(30)35-4)13-26-15-12-14(34-3)9-10-16(15)28(2)20(26)18(22(31)36-5)19(23(32)37-6)27-24(26)29/h1,9-10,12,17,20H,8,11,13H2,2-6H3/t17?,20?,26-/m0/s1. The van der Waals surface area contributed by atoms with E-state index in [0.29, 0.717) is 17.0 Å². The van der Waals surface area contributed by atoms with Crippen LogP contribution in [0, 0.1) is 12.3 Å². The molecule has 0 bridgehead atoms. The lowest BCUT2D eigenvalue weighted by atomic mass is 9.69. The van der Waals surface area contributed by atoms with Crippen LogP contribution in [-0.4, -0.2) is 88.9 Å². The molecule has 1 saturated heterocycles. The van der Waals surface area contributed by atoms with Gasteiger partial charge in [-0.1, -0.05) is 0 Å². The van der Waals surface area contributed by atoms with Gasteiger partial charge >= 0.3 is 24.0 Å². The van der Waals surface area contributed by atoms with Crippen molar-refractivity contribution in [3.05, 3.63) is 35.0 Å². The number of rotatable bonds is 6. The van der Waals surface area contributed by atoms with Gasteiger partial charge < -0.3 is 28.6 Å². The average Bonchev–Trinajstić information content (AvgIpc) is 3.41. The van der Waals surface area contributed by atoms with E-state index in [9.17, 15) is 19.2 Å². The molecule has 1 aromatic rings. The molecule has 38 heavy (non-hydrogen) atoms. The molecular weight excluding hydrogens is 498 g/mol. The summed E-state index contributed by atoms with van der Waals surface area (Å²) in [4.78, 5) is 59.9. The number of nitrogens with zero attached hydrogens (tertiary/aromatic N) is 3. The minimum Gasteiger partial charge on any atom is -0.497 e. The van der Waals surface area contributed by atoms with Gasteiger partial charge in [0.15, 0.2) is 5.70 Å². The number of methoxy groups -OCH3 is 4. The van der Waals surface area contributed by atoms with Crippen molar-refractivity contribution in [2.45, 2.75) is 30.3 Å². The first-order valence-electron chi connectivity index (χ1n) is 11.6. The topological polar surface area (TPSA) is 133 Å². The van der Waals surface area contributed by atoms with E-state index < -0.39 is 41.5 Å². The second kappa shape index (κ2) is 10.1. The maximum absolute atomic E-state index is 13.4. The molecule has 0 aliphatic carbocycles. The van der Waals surface area contributed by atoms with Crippen LogP contribution in [0.25, 0.3) is 0 Å². The molecule has 3 aliphatic heterocycles. The summed E-state index contributed by atoms with van der Waals surface area (Å²) in [6.07, 6.45) is 4.49. The summed E-state index contributed by atoms with van der Waals surface area (Å²) < 4.78 is 25.8. The number of hydrogen-bond acceptors (Lipinski definition) is 11. The highest BCUT2D eigenvalue weighted by Crippen LogP contribution is 2.58. The number of benzene rings is 1. The zero-order valence-corrected chi connectivity index (χ0v) is 21.6. The molecule has 2 unspecified atom stereocenters. The van der Waals surface area contributed by atoms with E-state index in [-0.39, 0.29) is 36.6 Å². The largest absolute Gasteiger partial charge is 0.497 e. The Labute approximate surface area is 219 Å². The number of carbonyl (C=O) groups excluding carboxylic acids is 4. The number of likely N-dealkylation sites (N-methyl/N-ethyl adjacent to an activating group) is 1. The van der Waals surface area contributed by atoms with E-state index in [1.165, 1.54) is 21.3 Å². The van der Waals surface area contributed by atoms with Crippen LogP contribution in [0.5, 0.6) is 5.75 Å². The molecule has 12 heteroatoms. The van der Waals surface area contributed by atoms with E-state index in [1.54, 1.807) is 30.1 Å². The highest BCUT2D eigenvalue weighted by atomic mass is 16.6. The molecule has 1 amide bonds. The quantitative estimate of drug-likeness (QED) is 0.231. The monoisotopic (exact) mass is 525 g/mol. The molecule has 0 saturated carbocycles. The molecule has 0 radical (unpaired) electrons. The van der Waals surface area contributed by atoms with Gasteiger partial charge in [0.1, 0.15) is 24.2 Å². The number of anilines is 1. The molecule has 3 heterocycles. The smallest absolute Gasteiger partial charge is 0.416 e. The molecule has 0 aromatic heterocycles. The minimum absolute atomic E-state index is 0.0236. The van der Waals surface area contributed by atoms with Gasteiger partial charge in [-0.15, -0.1) is 12.3 Å². The first-order chi connectivity index (χ1) is 18.2. The Hall–Kier alpha value is -4.53. The summed E-state index contributed by atoms with van der Waals surface area (Å²) in [6, 6.07) is 3.17. The Morgan fingerprint density at radius 3 is 2.42 bits per heavy atom. The van der Waals surface area contributed by atoms with Crippen molar-refractivity contribution in [3.8, 4) is 18.1 Å². The predicted octanol–water partition coefficient (Wildman–Crippen LogP) is 1.17. The lowest BCUT2D eigenvalue weighted by Gasteiger charge is -2.39. The summed E-state index contributed by atoms with van der Waals surface area (Å²) in [5.41, 5.74) is -0.409. The molecule has 12 nitrogen and oxygen atoms in total. The van der Waals surface area contributed by atoms with Gasteiger partial charge in [0.2, 0.25) is 0 Å². The Morgan fingerprint density at radius 2 is 1.82 bits per heavy atom.